The quantitative estimate of drug-likeness (QED) is 0.896. The first-order valence-corrected chi connectivity index (χ1v) is 7.25. The van der Waals surface area contributed by atoms with Crippen LogP contribution in [0.4, 0.5) is 5.69 Å². The molecule has 0 saturated heterocycles. The van der Waals surface area contributed by atoms with E-state index in [1.165, 1.54) is 16.0 Å². The molecule has 0 unspecified atom stereocenters. The Morgan fingerprint density at radius 2 is 1.94 bits per heavy atom. The van der Waals surface area contributed by atoms with Crippen LogP contribution in [0.15, 0.2) is 28.1 Å². The monoisotopic (exact) mass is 320 g/mol. The van der Waals surface area contributed by atoms with Gasteiger partial charge in [-0.3, -0.25) is 0 Å². The highest BCUT2D eigenvalue weighted by Crippen LogP contribution is 2.25. The molecule has 1 aromatic carbocycles. The van der Waals surface area contributed by atoms with E-state index in [1.54, 1.807) is 11.3 Å². The van der Waals surface area contributed by atoms with Gasteiger partial charge in [-0.1, -0.05) is 15.9 Å². The van der Waals surface area contributed by atoms with Crippen LogP contribution in [0, 0.1) is 25.2 Å². The summed E-state index contributed by atoms with van der Waals surface area (Å²) in [6, 6.07) is 8.32. The summed E-state index contributed by atoms with van der Waals surface area (Å²) in [5.41, 5.74) is 4.29. The molecule has 1 N–H and O–H groups in total. The number of nitrogens with zero attached hydrogens (tertiary/aromatic N) is 1. The first-order chi connectivity index (χ1) is 8.60. The maximum absolute atomic E-state index is 8.77. The molecule has 0 amide bonds. The van der Waals surface area contributed by atoms with Gasteiger partial charge in [-0.25, -0.2) is 0 Å². The molecule has 0 saturated carbocycles. The van der Waals surface area contributed by atoms with Crippen molar-refractivity contribution in [1.82, 2.24) is 0 Å². The molecule has 0 spiro atoms. The fraction of sp³-hybridized carbons (Fsp3) is 0.214. The lowest BCUT2D eigenvalue weighted by atomic mass is 10.1. The van der Waals surface area contributed by atoms with Crippen molar-refractivity contribution in [1.29, 1.82) is 5.26 Å². The second kappa shape index (κ2) is 5.55. The van der Waals surface area contributed by atoms with Gasteiger partial charge in [0, 0.05) is 27.0 Å². The predicted octanol–water partition coefficient (Wildman–Crippen LogP) is 4.61. The molecule has 0 atom stereocenters. The number of anilines is 1. The van der Waals surface area contributed by atoms with E-state index in [-0.39, 0.29) is 0 Å². The van der Waals surface area contributed by atoms with E-state index in [2.05, 4.69) is 53.3 Å². The van der Waals surface area contributed by atoms with Gasteiger partial charge in [-0.15, -0.1) is 11.3 Å². The van der Waals surface area contributed by atoms with Crippen LogP contribution < -0.4 is 5.32 Å². The van der Waals surface area contributed by atoms with Crippen LogP contribution in [-0.2, 0) is 6.54 Å². The molecule has 0 aliphatic carbocycles. The van der Waals surface area contributed by atoms with Gasteiger partial charge in [0.2, 0.25) is 0 Å². The minimum absolute atomic E-state index is 0.736. The van der Waals surface area contributed by atoms with E-state index in [1.807, 2.05) is 11.4 Å². The Morgan fingerprint density at radius 1 is 1.28 bits per heavy atom. The zero-order valence-electron chi connectivity index (χ0n) is 10.2. The number of hydrogen-bond acceptors (Lipinski definition) is 3. The highest BCUT2D eigenvalue weighted by Gasteiger charge is 2.03. The Balaban J connectivity index is 2.09. The molecule has 0 aliphatic rings. The number of hydrogen-bond donors (Lipinski definition) is 1. The minimum Gasteiger partial charge on any atom is -0.380 e. The minimum atomic E-state index is 0.736. The normalized spacial score (nSPS) is 10.1. The summed E-state index contributed by atoms with van der Waals surface area (Å²) in [5.74, 6) is 0. The van der Waals surface area contributed by atoms with Gasteiger partial charge in [0.05, 0.1) is 5.56 Å². The highest BCUT2D eigenvalue weighted by atomic mass is 79.9. The summed E-state index contributed by atoms with van der Waals surface area (Å²) in [6.45, 7) is 4.93. The summed E-state index contributed by atoms with van der Waals surface area (Å²) < 4.78 is 1.16. The molecule has 4 heteroatoms. The number of aryl methyl sites for hydroxylation is 2. The van der Waals surface area contributed by atoms with Crippen molar-refractivity contribution in [3.05, 3.63) is 49.6 Å². The Morgan fingerprint density at radius 3 is 2.50 bits per heavy atom. The third kappa shape index (κ3) is 2.92. The maximum Gasteiger partial charge on any atom is 0.100 e. The lowest BCUT2D eigenvalue weighted by molar-refractivity contribution is 1.18. The molecule has 2 rings (SSSR count). The van der Waals surface area contributed by atoms with Crippen molar-refractivity contribution in [2.24, 2.45) is 0 Å². The third-order valence-electron chi connectivity index (χ3n) is 2.69. The average molecular weight is 321 g/mol. The van der Waals surface area contributed by atoms with E-state index in [0.29, 0.717) is 0 Å². The maximum atomic E-state index is 8.77. The molecule has 0 radical (unpaired) electrons. The lowest BCUT2D eigenvalue weighted by Crippen LogP contribution is -1.98. The number of rotatable bonds is 3. The van der Waals surface area contributed by atoms with Gasteiger partial charge >= 0.3 is 0 Å². The van der Waals surface area contributed by atoms with Gasteiger partial charge in [0.15, 0.2) is 0 Å². The molecule has 1 heterocycles. The first-order valence-electron chi connectivity index (χ1n) is 5.58. The standard InChI is InChI=1S/C14H13BrN2S/c1-9-3-12(4-10(2)14(9)15)17-7-13-5-11(6-16)8-18-13/h3-5,8,17H,7H2,1-2H3. The van der Waals surface area contributed by atoms with Gasteiger partial charge in [-0.2, -0.15) is 5.26 Å². The lowest BCUT2D eigenvalue weighted by Gasteiger charge is -2.09. The Labute approximate surface area is 119 Å². The number of thiophene rings is 1. The van der Waals surface area contributed by atoms with Gasteiger partial charge < -0.3 is 5.32 Å². The number of halogens is 1. The summed E-state index contributed by atoms with van der Waals surface area (Å²) in [4.78, 5) is 1.17. The molecule has 0 aliphatic heterocycles. The second-order valence-corrected chi connectivity index (χ2v) is 5.98. The molecule has 2 aromatic rings. The molecular formula is C14H13BrN2S. The fourth-order valence-corrected chi connectivity index (χ4v) is 2.75. The third-order valence-corrected chi connectivity index (χ3v) is 4.87. The Bertz CT molecular complexity index is 587. The Hall–Kier alpha value is -1.31. The second-order valence-electron chi connectivity index (χ2n) is 4.19. The molecule has 1 aromatic heterocycles. The van der Waals surface area contributed by atoms with Crippen LogP contribution in [0.2, 0.25) is 0 Å². The van der Waals surface area contributed by atoms with Crippen LogP contribution in [0.5, 0.6) is 0 Å². The van der Waals surface area contributed by atoms with E-state index in [0.717, 1.165) is 22.3 Å². The zero-order chi connectivity index (χ0) is 13.1. The average Bonchev–Trinajstić information content (AvgIpc) is 2.81. The molecular weight excluding hydrogens is 308 g/mol. The van der Waals surface area contributed by atoms with E-state index < -0.39 is 0 Å². The van der Waals surface area contributed by atoms with Crippen molar-refractivity contribution in [2.45, 2.75) is 20.4 Å². The Kier molecular flexibility index (Phi) is 4.05. The van der Waals surface area contributed by atoms with Crippen molar-refractivity contribution in [2.75, 3.05) is 5.32 Å². The van der Waals surface area contributed by atoms with Crippen LogP contribution >= 0.6 is 27.3 Å². The number of nitriles is 1. The van der Waals surface area contributed by atoms with Crippen LogP contribution in [0.25, 0.3) is 0 Å². The number of benzene rings is 1. The predicted molar refractivity (Wildman–Crippen MR) is 80.0 cm³/mol. The SMILES string of the molecule is Cc1cc(NCc2cc(C#N)cs2)cc(C)c1Br. The van der Waals surface area contributed by atoms with Crippen LogP contribution in [-0.4, -0.2) is 0 Å². The summed E-state index contributed by atoms with van der Waals surface area (Å²) in [6.07, 6.45) is 0. The summed E-state index contributed by atoms with van der Waals surface area (Å²) in [7, 11) is 0. The summed E-state index contributed by atoms with van der Waals surface area (Å²) in [5, 5.41) is 14.0. The molecule has 18 heavy (non-hydrogen) atoms. The van der Waals surface area contributed by atoms with Gasteiger partial charge in [0.1, 0.15) is 6.07 Å². The van der Waals surface area contributed by atoms with Crippen molar-refractivity contribution < 1.29 is 0 Å². The van der Waals surface area contributed by atoms with Crippen LogP contribution in [0.3, 0.4) is 0 Å². The first kappa shape index (κ1) is 13.1. The van der Waals surface area contributed by atoms with Crippen molar-refractivity contribution in [3.8, 4) is 6.07 Å². The molecule has 0 fully saturated rings. The van der Waals surface area contributed by atoms with E-state index in [9.17, 15) is 0 Å². The van der Waals surface area contributed by atoms with Crippen LogP contribution in [0.1, 0.15) is 21.6 Å². The molecule has 2 nitrogen and oxygen atoms in total. The smallest absolute Gasteiger partial charge is 0.100 e. The number of nitrogens with one attached hydrogen (secondary N) is 1. The summed E-state index contributed by atoms with van der Waals surface area (Å²) >= 11 is 5.17. The van der Waals surface area contributed by atoms with E-state index >= 15 is 0 Å². The zero-order valence-corrected chi connectivity index (χ0v) is 12.7. The molecule has 0 bridgehead atoms. The molecule has 92 valence electrons. The fourth-order valence-electron chi connectivity index (χ4n) is 1.77. The topological polar surface area (TPSA) is 35.8 Å². The van der Waals surface area contributed by atoms with Gasteiger partial charge in [-0.05, 0) is 43.2 Å². The highest BCUT2D eigenvalue weighted by molar-refractivity contribution is 9.10. The van der Waals surface area contributed by atoms with Gasteiger partial charge in [0.25, 0.3) is 0 Å². The van der Waals surface area contributed by atoms with E-state index in [4.69, 9.17) is 5.26 Å². The largest absolute Gasteiger partial charge is 0.380 e. The van der Waals surface area contributed by atoms with Crippen molar-refractivity contribution >= 4 is 33.0 Å². The van der Waals surface area contributed by atoms with Crippen molar-refractivity contribution in [3.63, 3.8) is 0 Å².